The van der Waals surface area contributed by atoms with Crippen molar-refractivity contribution in [3.8, 4) is 17.0 Å². The van der Waals surface area contributed by atoms with Gasteiger partial charge in [-0.3, -0.25) is 4.79 Å². The molecule has 0 spiro atoms. The van der Waals surface area contributed by atoms with E-state index < -0.39 is 5.82 Å². The van der Waals surface area contributed by atoms with Crippen molar-refractivity contribution in [1.82, 2.24) is 29.5 Å². The summed E-state index contributed by atoms with van der Waals surface area (Å²) in [4.78, 5) is 16.6. The third-order valence-corrected chi connectivity index (χ3v) is 5.76. The first-order valence-electron chi connectivity index (χ1n) is 10.2. The quantitative estimate of drug-likeness (QED) is 0.473. The van der Waals surface area contributed by atoms with Crippen molar-refractivity contribution in [2.24, 2.45) is 5.92 Å². The molecule has 166 valence electrons. The van der Waals surface area contributed by atoms with Crippen molar-refractivity contribution in [1.29, 1.82) is 0 Å². The zero-order valence-corrected chi connectivity index (χ0v) is 17.8. The van der Waals surface area contributed by atoms with Gasteiger partial charge in [-0.05, 0) is 24.6 Å². The highest BCUT2D eigenvalue weighted by Crippen LogP contribution is 2.35. The minimum absolute atomic E-state index is 0.0955. The van der Waals surface area contributed by atoms with E-state index in [1.54, 1.807) is 29.9 Å². The molecule has 0 aromatic carbocycles. The van der Waals surface area contributed by atoms with Crippen molar-refractivity contribution < 1.29 is 18.7 Å². The summed E-state index contributed by atoms with van der Waals surface area (Å²) in [5.41, 5.74) is 2.16. The van der Waals surface area contributed by atoms with Gasteiger partial charge in [0, 0.05) is 25.2 Å². The molecule has 5 rings (SSSR count). The van der Waals surface area contributed by atoms with Crippen molar-refractivity contribution in [2.45, 2.75) is 13.0 Å². The molecule has 0 bridgehead atoms. The number of carbonyl (C=O) groups is 1. The van der Waals surface area contributed by atoms with Crippen LogP contribution in [-0.4, -0.2) is 63.5 Å². The van der Waals surface area contributed by atoms with Crippen LogP contribution in [0.3, 0.4) is 0 Å². The number of nitrogens with zero attached hydrogens (tertiary/aromatic N) is 5. The average Bonchev–Trinajstić information content (AvgIpc) is 3.30. The van der Waals surface area contributed by atoms with E-state index in [9.17, 15) is 4.79 Å². The molecule has 1 aliphatic rings. The smallest absolute Gasteiger partial charge is 0.254 e. The third-order valence-electron chi connectivity index (χ3n) is 5.76. The van der Waals surface area contributed by atoms with Crippen LogP contribution in [0.25, 0.3) is 22.2 Å². The van der Waals surface area contributed by atoms with Gasteiger partial charge in [0.1, 0.15) is 5.52 Å². The monoisotopic (exact) mass is 439 g/mol. The minimum Gasteiger partial charge on any atom is -0.479 e. The fourth-order valence-corrected chi connectivity index (χ4v) is 3.81. The second kappa shape index (κ2) is 7.75. The van der Waals surface area contributed by atoms with E-state index in [1.165, 1.54) is 24.0 Å². The summed E-state index contributed by atoms with van der Waals surface area (Å²) >= 11 is 0. The predicted octanol–water partition coefficient (Wildman–Crippen LogP) is 2.00. The fraction of sp³-hybridized carbons (Fsp3) is 0.333. The lowest BCUT2D eigenvalue weighted by Gasteiger charge is -2.31. The number of rotatable bonds is 6. The van der Waals surface area contributed by atoms with Gasteiger partial charge < -0.3 is 20.1 Å². The zero-order chi connectivity index (χ0) is 22.4. The molecule has 5 heterocycles. The summed E-state index contributed by atoms with van der Waals surface area (Å²) in [6.07, 6.45) is 4.44. The number of pyridine rings is 1. The highest BCUT2D eigenvalue weighted by Gasteiger charge is 2.27. The number of methoxy groups -OCH3 is 1. The Bertz CT molecular complexity index is 1330. The Labute approximate surface area is 182 Å². The van der Waals surface area contributed by atoms with Crippen LogP contribution < -0.4 is 15.4 Å². The number of amides is 1. The molecule has 1 aliphatic heterocycles. The number of halogens is 1. The molecule has 1 saturated heterocycles. The fourth-order valence-electron chi connectivity index (χ4n) is 3.81. The second-order valence-corrected chi connectivity index (χ2v) is 7.70. The van der Waals surface area contributed by atoms with Gasteiger partial charge in [-0.1, -0.05) is 0 Å². The van der Waals surface area contributed by atoms with Crippen LogP contribution >= 0.6 is 0 Å². The molecule has 1 fully saturated rings. The molecular weight excluding hydrogens is 417 g/mol. The van der Waals surface area contributed by atoms with Crippen LogP contribution in [0.15, 0.2) is 30.7 Å². The highest BCUT2D eigenvalue weighted by atomic mass is 19.1. The number of aromatic nitrogens is 5. The summed E-state index contributed by atoms with van der Waals surface area (Å²) in [5, 5.41) is 14.4. The number of ether oxygens (including phenoxy) is 2. The van der Waals surface area contributed by atoms with E-state index in [0.717, 1.165) is 0 Å². The Hall–Kier alpha value is -3.73. The number of anilines is 1. The van der Waals surface area contributed by atoms with Gasteiger partial charge >= 0.3 is 0 Å². The topological polar surface area (TPSA) is 107 Å². The Morgan fingerprint density at radius 2 is 2.19 bits per heavy atom. The Kier molecular flexibility index (Phi) is 4.89. The maximum Gasteiger partial charge on any atom is 0.254 e. The first kappa shape index (κ1) is 20.2. The van der Waals surface area contributed by atoms with Crippen LogP contribution in [-0.2, 0) is 4.74 Å². The molecule has 11 heteroatoms. The van der Waals surface area contributed by atoms with Crippen molar-refractivity contribution in [3.05, 3.63) is 42.1 Å². The number of hydrogen-bond acceptors (Lipinski definition) is 7. The molecule has 1 amide bonds. The Morgan fingerprint density at radius 3 is 2.88 bits per heavy atom. The SMILES string of the molecule is CNC(=O)c1cnn2ccc(-c3c(F)cn4nc(NC(C)C5COC5)nc(OC)c34)cc12. The van der Waals surface area contributed by atoms with Crippen LogP contribution in [0.1, 0.15) is 17.3 Å². The number of carbonyl (C=O) groups excluding carboxylic acids is 1. The Balaban J connectivity index is 1.61. The Morgan fingerprint density at radius 1 is 1.38 bits per heavy atom. The van der Waals surface area contributed by atoms with Gasteiger partial charge in [0.2, 0.25) is 11.8 Å². The van der Waals surface area contributed by atoms with Crippen molar-refractivity contribution >= 4 is 22.9 Å². The van der Waals surface area contributed by atoms with Gasteiger partial charge in [-0.2, -0.15) is 10.1 Å². The summed E-state index contributed by atoms with van der Waals surface area (Å²) in [5.74, 6) is 0.179. The van der Waals surface area contributed by atoms with E-state index in [4.69, 9.17) is 9.47 Å². The lowest BCUT2D eigenvalue weighted by atomic mass is 10.0. The van der Waals surface area contributed by atoms with E-state index >= 15 is 4.39 Å². The van der Waals surface area contributed by atoms with E-state index in [2.05, 4.69) is 25.8 Å². The number of fused-ring (bicyclic) bond motifs is 2. The lowest BCUT2D eigenvalue weighted by molar-refractivity contribution is -0.0380. The van der Waals surface area contributed by atoms with E-state index in [-0.39, 0.29) is 23.4 Å². The summed E-state index contributed by atoms with van der Waals surface area (Å²) in [6, 6.07) is 3.52. The molecule has 10 nitrogen and oxygen atoms in total. The van der Waals surface area contributed by atoms with Crippen LogP contribution in [0.5, 0.6) is 5.88 Å². The predicted molar refractivity (Wildman–Crippen MR) is 114 cm³/mol. The van der Waals surface area contributed by atoms with Gasteiger partial charge in [0.05, 0.1) is 49.4 Å². The van der Waals surface area contributed by atoms with E-state index in [0.29, 0.717) is 47.2 Å². The zero-order valence-electron chi connectivity index (χ0n) is 17.8. The summed E-state index contributed by atoms with van der Waals surface area (Å²) < 4.78 is 28.9. The molecular formula is C21H22FN7O3. The van der Waals surface area contributed by atoms with Crippen LogP contribution in [0, 0.1) is 11.7 Å². The second-order valence-electron chi connectivity index (χ2n) is 7.70. The molecule has 0 aliphatic carbocycles. The average molecular weight is 439 g/mol. The first-order chi connectivity index (χ1) is 15.5. The molecule has 32 heavy (non-hydrogen) atoms. The molecule has 1 atom stereocenters. The van der Waals surface area contributed by atoms with Gasteiger partial charge in [-0.25, -0.2) is 13.4 Å². The molecule has 2 N–H and O–H groups in total. The molecule has 4 aromatic heterocycles. The van der Waals surface area contributed by atoms with Crippen molar-refractivity contribution in [3.63, 3.8) is 0 Å². The highest BCUT2D eigenvalue weighted by molar-refractivity contribution is 6.01. The third kappa shape index (κ3) is 3.21. The normalized spacial score (nSPS) is 15.0. The summed E-state index contributed by atoms with van der Waals surface area (Å²) in [6.45, 7) is 3.40. The number of hydrogen-bond donors (Lipinski definition) is 2. The molecule has 4 aromatic rings. The molecule has 0 radical (unpaired) electrons. The molecule has 1 unspecified atom stereocenters. The van der Waals surface area contributed by atoms with Gasteiger partial charge in [-0.15, -0.1) is 5.10 Å². The number of nitrogens with one attached hydrogen (secondary N) is 2. The molecule has 0 saturated carbocycles. The van der Waals surface area contributed by atoms with Crippen LogP contribution in [0.4, 0.5) is 10.3 Å². The van der Waals surface area contributed by atoms with Crippen molar-refractivity contribution in [2.75, 3.05) is 32.7 Å². The van der Waals surface area contributed by atoms with Gasteiger partial charge in [0.15, 0.2) is 5.82 Å². The van der Waals surface area contributed by atoms with Gasteiger partial charge in [0.25, 0.3) is 5.91 Å². The lowest BCUT2D eigenvalue weighted by Crippen LogP contribution is -2.40. The van der Waals surface area contributed by atoms with Crippen LogP contribution in [0.2, 0.25) is 0 Å². The largest absolute Gasteiger partial charge is 0.479 e. The maximum absolute atomic E-state index is 15.2. The maximum atomic E-state index is 15.2. The van der Waals surface area contributed by atoms with E-state index in [1.807, 2.05) is 6.92 Å². The first-order valence-corrected chi connectivity index (χ1v) is 10.2. The standard InChI is InChI=1S/C21H22FN7O3/c1-11(13-9-32-10-13)25-21-26-20(31-3)18-17(15(22)8-29(18)27-21)12-4-5-28-16(6-12)14(7-24-28)19(30)23-2/h4-8,11,13H,9-10H2,1-3H3,(H,23,30)(H,25,27). The minimum atomic E-state index is -0.486. The summed E-state index contributed by atoms with van der Waals surface area (Å²) in [7, 11) is 3.03.